The summed E-state index contributed by atoms with van der Waals surface area (Å²) < 4.78 is 18.7. The van der Waals surface area contributed by atoms with Gasteiger partial charge in [0.05, 0.1) is 9.95 Å². The molecular weight excluding hydrogens is 365 g/mol. The predicted octanol–water partition coefficient (Wildman–Crippen LogP) is 4.86. The Bertz CT molecular complexity index is 681. The first-order valence-electron chi connectivity index (χ1n) is 5.91. The molecule has 0 heterocycles. The van der Waals surface area contributed by atoms with Crippen LogP contribution in [0.2, 0.25) is 5.02 Å². The van der Waals surface area contributed by atoms with E-state index in [0.717, 1.165) is 5.56 Å². The van der Waals surface area contributed by atoms with Gasteiger partial charge in [-0.05, 0) is 29.3 Å². The zero-order valence-corrected chi connectivity index (χ0v) is 13.0. The number of hydrogen-bond donors (Lipinski definition) is 0. The molecule has 2 rings (SSSR count). The summed E-state index contributed by atoms with van der Waals surface area (Å²) in [5, 5.41) is 11.6. The van der Waals surface area contributed by atoms with Crippen molar-refractivity contribution in [3.05, 3.63) is 68.5 Å². The third kappa shape index (κ3) is 3.92. The quantitative estimate of drug-likeness (QED) is 0.426. The zero-order valence-electron chi connectivity index (χ0n) is 10.7. The second kappa shape index (κ2) is 6.87. The molecule has 0 atom stereocenters. The lowest BCUT2D eigenvalue weighted by Crippen LogP contribution is -2.00. The van der Waals surface area contributed by atoms with Gasteiger partial charge in [-0.2, -0.15) is 0 Å². The van der Waals surface area contributed by atoms with Crippen molar-refractivity contribution in [3.63, 3.8) is 0 Å². The fourth-order valence-electron chi connectivity index (χ4n) is 1.70. The van der Waals surface area contributed by atoms with E-state index in [1.165, 1.54) is 24.3 Å². The number of nitro benzene ring substituents is 1. The molecule has 0 spiro atoms. The maximum atomic E-state index is 13.3. The predicted molar refractivity (Wildman–Crippen MR) is 81.5 cm³/mol. The van der Waals surface area contributed by atoms with E-state index in [1.807, 2.05) is 0 Å². The minimum atomic E-state index is -0.554. The second-order valence-corrected chi connectivity index (χ2v) is 5.20. The van der Waals surface area contributed by atoms with Gasteiger partial charge in [0, 0.05) is 11.4 Å². The number of halogens is 3. The molecule has 0 unspecified atom stereocenters. The Morgan fingerprint density at radius 2 is 1.95 bits per heavy atom. The van der Waals surface area contributed by atoms with E-state index in [2.05, 4.69) is 15.9 Å². The SMILES string of the molecule is O=[N+]([O-])c1cc(CBr)ccc1OCc1ccc(Cl)c(F)c1. The lowest BCUT2D eigenvalue weighted by Gasteiger charge is -2.08. The summed E-state index contributed by atoms with van der Waals surface area (Å²) in [4.78, 5) is 10.5. The first-order valence-corrected chi connectivity index (χ1v) is 7.41. The number of benzene rings is 2. The Balaban J connectivity index is 2.19. The summed E-state index contributed by atoms with van der Waals surface area (Å²) in [7, 11) is 0. The molecule has 0 aliphatic rings. The van der Waals surface area contributed by atoms with E-state index in [9.17, 15) is 14.5 Å². The molecule has 0 N–H and O–H groups in total. The van der Waals surface area contributed by atoms with Gasteiger partial charge in [0.15, 0.2) is 5.75 Å². The molecule has 0 radical (unpaired) electrons. The van der Waals surface area contributed by atoms with Crippen molar-refractivity contribution in [2.24, 2.45) is 0 Å². The first-order chi connectivity index (χ1) is 10.0. The van der Waals surface area contributed by atoms with Gasteiger partial charge >= 0.3 is 5.69 Å². The Labute approximate surface area is 133 Å². The van der Waals surface area contributed by atoms with Gasteiger partial charge in [-0.3, -0.25) is 10.1 Å². The monoisotopic (exact) mass is 373 g/mol. The van der Waals surface area contributed by atoms with Crippen LogP contribution in [0.3, 0.4) is 0 Å². The highest BCUT2D eigenvalue weighted by Crippen LogP contribution is 2.29. The van der Waals surface area contributed by atoms with Gasteiger partial charge in [-0.15, -0.1) is 0 Å². The molecule has 0 saturated heterocycles. The fraction of sp³-hybridized carbons (Fsp3) is 0.143. The standard InChI is InChI=1S/C14H10BrClFNO3/c15-7-9-2-4-14(13(6-9)18(19)20)21-8-10-1-3-11(16)12(17)5-10/h1-6H,7-8H2. The van der Waals surface area contributed by atoms with Gasteiger partial charge < -0.3 is 4.74 Å². The van der Waals surface area contributed by atoms with Crippen LogP contribution < -0.4 is 4.74 Å². The molecule has 0 aromatic heterocycles. The maximum Gasteiger partial charge on any atom is 0.311 e. The summed E-state index contributed by atoms with van der Waals surface area (Å²) in [5.74, 6) is -0.415. The smallest absolute Gasteiger partial charge is 0.311 e. The summed E-state index contributed by atoms with van der Waals surface area (Å²) >= 11 is 8.83. The molecule has 7 heteroatoms. The van der Waals surface area contributed by atoms with Crippen LogP contribution in [0.4, 0.5) is 10.1 Å². The topological polar surface area (TPSA) is 52.4 Å². The first kappa shape index (κ1) is 15.7. The van der Waals surface area contributed by atoms with Crippen molar-refractivity contribution in [3.8, 4) is 5.75 Å². The fourth-order valence-corrected chi connectivity index (χ4v) is 2.17. The Kier molecular flexibility index (Phi) is 5.14. The average molecular weight is 375 g/mol. The van der Waals surface area contributed by atoms with Gasteiger partial charge in [0.2, 0.25) is 0 Å². The molecule has 2 aromatic rings. The Morgan fingerprint density at radius 1 is 1.24 bits per heavy atom. The summed E-state index contributed by atoms with van der Waals surface area (Å²) in [6, 6.07) is 8.94. The zero-order chi connectivity index (χ0) is 15.4. The van der Waals surface area contributed by atoms with Gasteiger partial charge in [-0.25, -0.2) is 4.39 Å². The molecule has 110 valence electrons. The third-order valence-electron chi connectivity index (χ3n) is 2.75. The van der Waals surface area contributed by atoms with Crippen molar-refractivity contribution < 1.29 is 14.1 Å². The average Bonchev–Trinajstić information content (AvgIpc) is 2.48. The number of alkyl halides is 1. The minimum Gasteiger partial charge on any atom is -0.482 e. The molecule has 4 nitrogen and oxygen atoms in total. The minimum absolute atomic E-state index is 0.0165. The highest BCUT2D eigenvalue weighted by atomic mass is 79.9. The van der Waals surface area contributed by atoms with Crippen molar-refractivity contribution in [1.29, 1.82) is 0 Å². The van der Waals surface area contributed by atoms with Crippen LogP contribution in [-0.4, -0.2) is 4.92 Å². The van der Waals surface area contributed by atoms with E-state index in [1.54, 1.807) is 12.1 Å². The Hall–Kier alpha value is -1.66. The van der Waals surface area contributed by atoms with E-state index in [0.29, 0.717) is 10.9 Å². The number of rotatable bonds is 5. The largest absolute Gasteiger partial charge is 0.482 e. The van der Waals surface area contributed by atoms with Crippen LogP contribution in [0, 0.1) is 15.9 Å². The van der Waals surface area contributed by atoms with Gasteiger partial charge in [0.25, 0.3) is 0 Å². The molecule has 0 fully saturated rings. The Morgan fingerprint density at radius 3 is 2.57 bits per heavy atom. The van der Waals surface area contributed by atoms with E-state index >= 15 is 0 Å². The van der Waals surface area contributed by atoms with Crippen molar-refractivity contribution in [1.82, 2.24) is 0 Å². The lowest BCUT2D eigenvalue weighted by atomic mass is 10.2. The molecule has 0 amide bonds. The molecule has 21 heavy (non-hydrogen) atoms. The number of hydrogen-bond acceptors (Lipinski definition) is 3. The van der Waals surface area contributed by atoms with Crippen molar-refractivity contribution in [2.45, 2.75) is 11.9 Å². The number of nitro groups is 1. The summed E-state index contributed by atoms with van der Waals surface area (Å²) in [6.45, 7) is 0.0165. The lowest BCUT2D eigenvalue weighted by molar-refractivity contribution is -0.386. The van der Waals surface area contributed by atoms with Crippen molar-refractivity contribution >= 4 is 33.2 Å². The van der Waals surface area contributed by atoms with Gasteiger partial charge in [0.1, 0.15) is 12.4 Å². The number of nitrogens with zero attached hydrogens (tertiary/aromatic N) is 1. The van der Waals surface area contributed by atoms with Crippen molar-refractivity contribution in [2.75, 3.05) is 0 Å². The molecule has 0 aliphatic heterocycles. The highest BCUT2D eigenvalue weighted by Gasteiger charge is 2.16. The van der Waals surface area contributed by atoms with E-state index < -0.39 is 10.7 Å². The molecule has 2 aromatic carbocycles. The van der Waals surface area contributed by atoms with Crippen LogP contribution in [0.25, 0.3) is 0 Å². The van der Waals surface area contributed by atoms with Gasteiger partial charge in [-0.1, -0.05) is 39.7 Å². The van der Waals surface area contributed by atoms with Crippen LogP contribution in [0.1, 0.15) is 11.1 Å². The third-order valence-corrected chi connectivity index (χ3v) is 3.71. The van der Waals surface area contributed by atoms with Crippen LogP contribution >= 0.6 is 27.5 Å². The molecule has 0 bridgehead atoms. The summed E-state index contributed by atoms with van der Waals surface area (Å²) in [5.41, 5.74) is 1.18. The maximum absolute atomic E-state index is 13.3. The number of ether oxygens (including phenoxy) is 1. The molecular formula is C14H10BrClFNO3. The van der Waals surface area contributed by atoms with Crippen LogP contribution in [0.5, 0.6) is 5.75 Å². The van der Waals surface area contributed by atoms with Crippen LogP contribution in [0.15, 0.2) is 36.4 Å². The van der Waals surface area contributed by atoms with Crippen LogP contribution in [-0.2, 0) is 11.9 Å². The summed E-state index contributed by atoms with van der Waals surface area (Å²) in [6.07, 6.45) is 0. The highest BCUT2D eigenvalue weighted by molar-refractivity contribution is 9.08. The molecule has 0 saturated carbocycles. The normalized spacial score (nSPS) is 10.4. The molecule has 0 aliphatic carbocycles. The van der Waals surface area contributed by atoms with E-state index in [-0.39, 0.29) is 23.1 Å². The second-order valence-electron chi connectivity index (χ2n) is 4.23. The van der Waals surface area contributed by atoms with E-state index in [4.69, 9.17) is 16.3 Å².